The maximum Gasteiger partial charge on any atom is 0.306 e. The Hall–Kier alpha value is -2.61. The fourth-order valence-corrected chi connectivity index (χ4v) is 4.78. The van der Waals surface area contributed by atoms with Crippen LogP contribution in [0.15, 0.2) is 42.5 Å². The third kappa shape index (κ3) is 9.02. The number of aliphatic hydroxyl groups is 1. The lowest BCUT2D eigenvalue weighted by molar-refractivity contribution is -0.143. The van der Waals surface area contributed by atoms with E-state index in [1.807, 2.05) is 25.1 Å². The van der Waals surface area contributed by atoms with E-state index in [1.54, 1.807) is 32.1 Å². The Labute approximate surface area is 219 Å². The van der Waals surface area contributed by atoms with E-state index in [2.05, 4.69) is 4.90 Å². The van der Waals surface area contributed by atoms with Gasteiger partial charge in [-0.2, -0.15) is 0 Å². The molecule has 2 aromatic rings. The summed E-state index contributed by atoms with van der Waals surface area (Å²) in [6, 6.07) is 10.2. The Bertz CT molecular complexity index is 1060. The van der Waals surface area contributed by atoms with Crippen LogP contribution in [0.25, 0.3) is 6.08 Å². The van der Waals surface area contributed by atoms with Gasteiger partial charge >= 0.3 is 5.97 Å². The number of halogens is 2. The van der Waals surface area contributed by atoms with Gasteiger partial charge in [0.2, 0.25) is 0 Å². The van der Waals surface area contributed by atoms with Crippen LogP contribution in [0.4, 0.5) is 8.78 Å². The standard InChI is InChI=1S/C30H39F2NO4/c1-4-36-30(35)10-6-5-8-24-18-25(31)13-14-28(24)22(3)37-20-27(34)19-33-15-7-9-26(33)16-23-12-11-21(2)29(32)17-23/h5,8,11-14,17-18,22,26-27,34H,4,6-7,9-10,15-16,19-20H2,1-3H3/t22-,26+,27-/m1/s1. The summed E-state index contributed by atoms with van der Waals surface area (Å²) in [5, 5.41) is 10.7. The Morgan fingerprint density at radius 2 is 2.05 bits per heavy atom. The molecule has 2 aromatic carbocycles. The average Bonchev–Trinajstić information content (AvgIpc) is 3.29. The van der Waals surface area contributed by atoms with Crippen LogP contribution in [0.2, 0.25) is 0 Å². The number of ether oxygens (including phenoxy) is 2. The van der Waals surface area contributed by atoms with E-state index < -0.39 is 6.10 Å². The van der Waals surface area contributed by atoms with Gasteiger partial charge in [0.1, 0.15) is 11.6 Å². The molecule has 0 radical (unpaired) electrons. The van der Waals surface area contributed by atoms with E-state index in [1.165, 1.54) is 12.1 Å². The fraction of sp³-hybridized carbons (Fsp3) is 0.500. The second-order valence-corrected chi connectivity index (χ2v) is 9.73. The molecule has 1 aliphatic heterocycles. The first kappa shape index (κ1) is 29.0. The minimum Gasteiger partial charge on any atom is -0.466 e. The maximum absolute atomic E-state index is 14.0. The number of esters is 1. The number of carbonyl (C=O) groups excluding carboxylic acids is 1. The number of β-amino-alcohol motifs (C(OH)–C–C–N with tert-alkyl or cyclic N) is 1. The zero-order valence-electron chi connectivity index (χ0n) is 22.1. The highest BCUT2D eigenvalue weighted by Gasteiger charge is 2.27. The number of hydrogen-bond donors (Lipinski definition) is 1. The summed E-state index contributed by atoms with van der Waals surface area (Å²) in [7, 11) is 0. The van der Waals surface area contributed by atoms with Gasteiger partial charge in [-0.1, -0.05) is 30.4 Å². The Balaban J connectivity index is 1.52. The number of benzene rings is 2. The lowest BCUT2D eigenvalue weighted by Crippen LogP contribution is -2.39. The lowest BCUT2D eigenvalue weighted by Gasteiger charge is -2.27. The molecular formula is C30H39F2NO4. The number of aryl methyl sites for hydroxylation is 1. The van der Waals surface area contributed by atoms with Gasteiger partial charge in [0.05, 0.1) is 25.4 Å². The monoisotopic (exact) mass is 515 g/mol. The molecule has 1 fully saturated rings. The van der Waals surface area contributed by atoms with Gasteiger partial charge in [0.25, 0.3) is 0 Å². The van der Waals surface area contributed by atoms with Gasteiger partial charge in [-0.15, -0.1) is 0 Å². The molecule has 7 heteroatoms. The van der Waals surface area contributed by atoms with E-state index in [0.717, 1.165) is 36.9 Å². The highest BCUT2D eigenvalue weighted by Crippen LogP contribution is 2.25. The Morgan fingerprint density at radius 3 is 2.81 bits per heavy atom. The van der Waals surface area contributed by atoms with Crippen molar-refractivity contribution < 1.29 is 28.2 Å². The highest BCUT2D eigenvalue weighted by molar-refractivity contribution is 5.69. The van der Waals surface area contributed by atoms with E-state index in [-0.39, 0.29) is 42.8 Å². The molecule has 0 aliphatic carbocycles. The van der Waals surface area contributed by atoms with Crippen LogP contribution in [0, 0.1) is 18.6 Å². The number of aliphatic hydroxyl groups excluding tert-OH is 1. The van der Waals surface area contributed by atoms with Crippen LogP contribution in [0.5, 0.6) is 0 Å². The minimum atomic E-state index is -0.679. The van der Waals surface area contributed by atoms with Gasteiger partial charge in [0, 0.05) is 19.0 Å². The number of nitrogens with zero attached hydrogens (tertiary/aromatic N) is 1. The third-order valence-electron chi connectivity index (χ3n) is 6.80. The Kier molecular flexibility index (Phi) is 11.2. The molecule has 1 heterocycles. The van der Waals surface area contributed by atoms with Crippen LogP contribution >= 0.6 is 0 Å². The molecule has 0 spiro atoms. The van der Waals surface area contributed by atoms with Crippen molar-refractivity contribution in [3.8, 4) is 0 Å². The largest absolute Gasteiger partial charge is 0.466 e. The molecule has 0 unspecified atom stereocenters. The SMILES string of the molecule is CCOC(=O)CCC=Cc1cc(F)ccc1[C@@H](C)OC[C@H](O)CN1CCC[C@H]1Cc1ccc(C)c(F)c1. The van der Waals surface area contributed by atoms with Gasteiger partial charge in [-0.05, 0) is 93.5 Å². The molecule has 1 aliphatic rings. The van der Waals surface area contributed by atoms with E-state index >= 15 is 0 Å². The molecule has 3 rings (SSSR count). The number of allylic oxidation sites excluding steroid dienone is 1. The predicted molar refractivity (Wildman–Crippen MR) is 141 cm³/mol. The number of hydrogen-bond acceptors (Lipinski definition) is 5. The van der Waals surface area contributed by atoms with Gasteiger partial charge < -0.3 is 14.6 Å². The molecule has 0 bridgehead atoms. The van der Waals surface area contributed by atoms with E-state index in [4.69, 9.17) is 9.47 Å². The van der Waals surface area contributed by atoms with E-state index in [0.29, 0.717) is 30.7 Å². The van der Waals surface area contributed by atoms with Gasteiger partial charge in [-0.3, -0.25) is 9.69 Å². The summed E-state index contributed by atoms with van der Waals surface area (Å²) in [6.07, 6.45) is 6.15. The predicted octanol–water partition coefficient (Wildman–Crippen LogP) is 5.78. The molecule has 3 atom stereocenters. The summed E-state index contributed by atoms with van der Waals surface area (Å²) in [6.45, 7) is 7.27. The first-order valence-corrected chi connectivity index (χ1v) is 13.2. The normalized spacial score (nSPS) is 17.8. The van der Waals surface area contributed by atoms with Gasteiger partial charge in [-0.25, -0.2) is 8.78 Å². The second kappa shape index (κ2) is 14.4. The number of likely N-dealkylation sites (tertiary alicyclic amines) is 1. The van der Waals surface area contributed by atoms with Crippen molar-refractivity contribution in [1.29, 1.82) is 0 Å². The molecule has 1 N–H and O–H groups in total. The first-order chi connectivity index (χ1) is 17.8. The lowest BCUT2D eigenvalue weighted by atomic mass is 10.0. The van der Waals surface area contributed by atoms with Crippen LogP contribution in [0.3, 0.4) is 0 Å². The van der Waals surface area contributed by atoms with Crippen LogP contribution in [-0.2, 0) is 20.7 Å². The molecule has 0 saturated carbocycles. The number of rotatable bonds is 13. The molecule has 5 nitrogen and oxygen atoms in total. The van der Waals surface area contributed by atoms with Crippen molar-refractivity contribution in [2.75, 3.05) is 26.3 Å². The third-order valence-corrected chi connectivity index (χ3v) is 6.80. The van der Waals surface area contributed by atoms with Crippen molar-refractivity contribution in [3.63, 3.8) is 0 Å². The van der Waals surface area contributed by atoms with Gasteiger partial charge in [0.15, 0.2) is 0 Å². The molecule has 202 valence electrons. The molecular weight excluding hydrogens is 476 g/mol. The Morgan fingerprint density at radius 1 is 1.24 bits per heavy atom. The fourth-order valence-electron chi connectivity index (χ4n) is 4.78. The molecule has 37 heavy (non-hydrogen) atoms. The summed E-state index contributed by atoms with van der Waals surface area (Å²) < 4.78 is 38.8. The number of carbonyl (C=O) groups is 1. The second-order valence-electron chi connectivity index (χ2n) is 9.73. The van der Waals surface area contributed by atoms with Crippen LogP contribution < -0.4 is 0 Å². The highest BCUT2D eigenvalue weighted by atomic mass is 19.1. The molecule has 0 aromatic heterocycles. The minimum absolute atomic E-state index is 0.146. The zero-order chi connectivity index (χ0) is 26.8. The van der Waals surface area contributed by atoms with Crippen molar-refractivity contribution in [3.05, 3.63) is 76.4 Å². The summed E-state index contributed by atoms with van der Waals surface area (Å²) in [4.78, 5) is 13.8. The summed E-state index contributed by atoms with van der Waals surface area (Å²) >= 11 is 0. The van der Waals surface area contributed by atoms with Crippen LogP contribution in [-0.4, -0.2) is 54.4 Å². The van der Waals surface area contributed by atoms with Crippen LogP contribution in [0.1, 0.15) is 67.9 Å². The van der Waals surface area contributed by atoms with Crippen molar-refractivity contribution in [2.45, 2.75) is 71.1 Å². The quantitative estimate of drug-likeness (QED) is 0.343. The van der Waals surface area contributed by atoms with Crippen molar-refractivity contribution in [2.24, 2.45) is 0 Å². The smallest absolute Gasteiger partial charge is 0.306 e. The van der Waals surface area contributed by atoms with Crippen molar-refractivity contribution >= 4 is 12.0 Å². The van der Waals surface area contributed by atoms with Crippen molar-refractivity contribution in [1.82, 2.24) is 4.90 Å². The molecule has 0 amide bonds. The maximum atomic E-state index is 14.0. The molecule has 1 saturated heterocycles. The first-order valence-electron chi connectivity index (χ1n) is 13.2. The topological polar surface area (TPSA) is 59.0 Å². The summed E-state index contributed by atoms with van der Waals surface area (Å²) in [5.74, 6) is -0.795. The summed E-state index contributed by atoms with van der Waals surface area (Å²) in [5.41, 5.74) is 3.10. The average molecular weight is 516 g/mol. The van der Waals surface area contributed by atoms with E-state index in [9.17, 15) is 18.7 Å². The zero-order valence-corrected chi connectivity index (χ0v) is 22.1.